The van der Waals surface area contributed by atoms with E-state index in [1.165, 1.54) is 35.6 Å². The molecule has 0 aliphatic heterocycles. The van der Waals surface area contributed by atoms with Gasteiger partial charge in [0.25, 0.3) is 0 Å². The van der Waals surface area contributed by atoms with E-state index in [0.717, 1.165) is 0 Å². The van der Waals surface area contributed by atoms with Gasteiger partial charge in [-0.3, -0.25) is 4.79 Å². The molecule has 112 valence electrons. The Kier molecular flexibility index (Phi) is 5.64. The summed E-state index contributed by atoms with van der Waals surface area (Å²) in [7, 11) is -2.10. The summed E-state index contributed by atoms with van der Waals surface area (Å²) in [6, 6.07) is 5.17. The first-order chi connectivity index (χ1) is 9.24. The van der Waals surface area contributed by atoms with E-state index in [4.69, 9.17) is 5.11 Å². The molecule has 0 saturated carbocycles. The van der Waals surface area contributed by atoms with E-state index in [2.05, 4.69) is 0 Å². The number of carbonyl (C=O) groups is 1. The number of aliphatic carboxylic acids is 1. The highest BCUT2D eigenvalue weighted by molar-refractivity contribution is 7.89. The van der Waals surface area contributed by atoms with Crippen LogP contribution in [0.5, 0.6) is 0 Å². The highest BCUT2D eigenvalue weighted by Crippen LogP contribution is 2.22. The van der Waals surface area contributed by atoms with Crippen molar-refractivity contribution in [2.45, 2.75) is 25.8 Å². The molecule has 7 heteroatoms. The molecule has 0 radical (unpaired) electrons. The molecule has 5 nitrogen and oxygen atoms in total. The van der Waals surface area contributed by atoms with Gasteiger partial charge in [-0.05, 0) is 31.0 Å². The molecule has 1 atom stereocenters. The molecule has 20 heavy (non-hydrogen) atoms. The van der Waals surface area contributed by atoms with E-state index >= 15 is 0 Å². The summed E-state index contributed by atoms with van der Waals surface area (Å²) in [5, 5.41) is 8.52. The molecule has 0 bridgehead atoms. The molecule has 0 amide bonds. The number of carboxylic acids is 1. The van der Waals surface area contributed by atoms with Gasteiger partial charge in [0.15, 0.2) is 0 Å². The Labute approximate surface area is 118 Å². The number of benzene rings is 1. The number of nitrogens with zero attached hydrogens (tertiary/aromatic N) is 1. The predicted molar refractivity (Wildman–Crippen MR) is 73.2 cm³/mol. The maximum absolute atomic E-state index is 12.8. The van der Waals surface area contributed by atoms with E-state index in [1.54, 1.807) is 6.92 Å². The zero-order valence-electron chi connectivity index (χ0n) is 11.4. The second-order valence-corrected chi connectivity index (χ2v) is 6.71. The molecule has 0 saturated heterocycles. The van der Waals surface area contributed by atoms with Crippen LogP contribution < -0.4 is 0 Å². The second kappa shape index (κ2) is 6.81. The van der Waals surface area contributed by atoms with E-state index in [0.29, 0.717) is 5.56 Å². The highest BCUT2D eigenvalue weighted by Gasteiger charge is 2.24. The average Bonchev–Trinajstić information content (AvgIpc) is 2.37. The molecule has 0 aliphatic rings. The van der Waals surface area contributed by atoms with Gasteiger partial charge in [-0.2, -0.15) is 4.31 Å². The summed E-state index contributed by atoms with van der Waals surface area (Å²) in [5.74, 6) is -1.62. The van der Waals surface area contributed by atoms with Gasteiger partial charge in [-0.15, -0.1) is 0 Å². The van der Waals surface area contributed by atoms with E-state index in [-0.39, 0.29) is 24.4 Å². The maximum Gasteiger partial charge on any atom is 0.303 e. The van der Waals surface area contributed by atoms with Crippen molar-refractivity contribution in [1.82, 2.24) is 4.31 Å². The summed E-state index contributed by atoms with van der Waals surface area (Å²) in [5.41, 5.74) is 0.677. The number of hydrogen-bond acceptors (Lipinski definition) is 3. The Balaban J connectivity index is 2.74. The molecule has 0 fully saturated rings. The van der Waals surface area contributed by atoms with Gasteiger partial charge in [0.2, 0.25) is 10.0 Å². The molecular formula is C13H18FNO4S. The zero-order chi connectivity index (χ0) is 15.3. The maximum atomic E-state index is 12.8. The minimum atomic E-state index is -3.54. The monoisotopic (exact) mass is 303 g/mol. The van der Waals surface area contributed by atoms with Gasteiger partial charge in [0, 0.05) is 19.5 Å². The first kappa shape index (κ1) is 16.6. The number of sulfonamides is 1. The third kappa shape index (κ3) is 4.57. The van der Waals surface area contributed by atoms with Crippen molar-refractivity contribution in [2.75, 3.05) is 12.8 Å². The Morgan fingerprint density at radius 2 is 1.90 bits per heavy atom. The first-order valence-electron chi connectivity index (χ1n) is 6.17. The summed E-state index contributed by atoms with van der Waals surface area (Å²) < 4.78 is 38.1. The van der Waals surface area contributed by atoms with Crippen LogP contribution in [0.3, 0.4) is 0 Å². The van der Waals surface area contributed by atoms with Crippen molar-refractivity contribution >= 4 is 16.0 Å². The Bertz CT molecular complexity index is 556. The number of hydrogen-bond donors (Lipinski definition) is 1. The van der Waals surface area contributed by atoms with Crippen LogP contribution in [-0.2, 0) is 14.8 Å². The van der Waals surface area contributed by atoms with Gasteiger partial charge < -0.3 is 5.11 Å². The summed E-state index contributed by atoms with van der Waals surface area (Å²) in [6.07, 6.45) is -0.115. The SMILES string of the molecule is CC(c1ccc(F)cc1)N(C)S(=O)(=O)CCCC(=O)O. The zero-order valence-corrected chi connectivity index (χ0v) is 12.2. The largest absolute Gasteiger partial charge is 0.481 e. The highest BCUT2D eigenvalue weighted by atomic mass is 32.2. The van der Waals surface area contributed by atoms with Crippen LogP contribution in [0.15, 0.2) is 24.3 Å². The fourth-order valence-electron chi connectivity index (χ4n) is 1.74. The lowest BCUT2D eigenvalue weighted by Gasteiger charge is -2.24. The van der Waals surface area contributed by atoms with Crippen molar-refractivity contribution < 1.29 is 22.7 Å². The third-order valence-electron chi connectivity index (χ3n) is 3.13. The fraction of sp³-hybridized carbons (Fsp3) is 0.462. The van der Waals surface area contributed by atoms with E-state index in [1.807, 2.05) is 0 Å². The van der Waals surface area contributed by atoms with E-state index < -0.39 is 22.0 Å². The normalized spacial score (nSPS) is 13.4. The molecule has 1 unspecified atom stereocenters. The average molecular weight is 303 g/mol. The lowest BCUT2D eigenvalue weighted by atomic mass is 10.1. The Hall–Kier alpha value is -1.47. The molecule has 1 aromatic carbocycles. The number of halogens is 1. The molecule has 0 heterocycles. The van der Waals surface area contributed by atoms with Gasteiger partial charge in [0.1, 0.15) is 5.82 Å². The smallest absolute Gasteiger partial charge is 0.303 e. The van der Waals surface area contributed by atoms with Crippen molar-refractivity contribution in [3.8, 4) is 0 Å². The third-order valence-corrected chi connectivity index (χ3v) is 5.13. The molecule has 1 N–H and O–H groups in total. The van der Waals surface area contributed by atoms with Gasteiger partial charge in [-0.25, -0.2) is 12.8 Å². The van der Waals surface area contributed by atoms with Crippen molar-refractivity contribution in [2.24, 2.45) is 0 Å². The second-order valence-electron chi connectivity index (χ2n) is 4.56. The van der Waals surface area contributed by atoms with Crippen LogP contribution in [-0.4, -0.2) is 36.6 Å². The van der Waals surface area contributed by atoms with Crippen molar-refractivity contribution in [3.05, 3.63) is 35.6 Å². The van der Waals surface area contributed by atoms with E-state index in [9.17, 15) is 17.6 Å². The predicted octanol–water partition coefficient (Wildman–Crippen LogP) is 2.01. The minimum absolute atomic E-state index is 0.0676. The summed E-state index contributed by atoms with van der Waals surface area (Å²) in [6.45, 7) is 1.70. The van der Waals surface area contributed by atoms with Gasteiger partial charge in [0.05, 0.1) is 5.75 Å². The topological polar surface area (TPSA) is 74.7 Å². The molecular weight excluding hydrogens is 285 g/mol. The summed E-state index contributed by atoms with van der Waals surface area (Å²) in [4.78, 5) is 10.4. The van der Waals surface area contributed by atoms with Crippen molar-refractivity contribution in [3.63, 3.8) is 0 Å². The fourth-order valence-corrected chi connectivity index (χ4v) is 3.14. The Morgan fingerprint density at radius 3 is 2.40 bits per heavy atom. The quantitative estimate of drug-likeness (QED) is 0.836. The van der Waals surface area contributed by atoms with Crippen molar-refractivity contribution in [1.29, 1.82) is 0 Å². The van der Waals surface area contributed by atoms with Crippen LogP contribution in [0.2, 0.25) is 0 Å². The van der Waals surface area contributed by atoms with Crippen LogP contribution in [0.4, 0.5) is 4.39 Å². The molecule has 0 spiro atoms. The molecule has 1 aromatic rings. The van der Waals surface area contributed by atoms with Crippen LogP contribution in [0, 0.1) is 5.82 Å². The minimum Gasteiger partial charge on any atom is -0.481 e. The number of carboxylic acid groups (broad SMARTS) is 1. The molecule has 0 aliphatic carbocycles. The summed E-state index contributed by atoms with van der Waals surface area (Å²) >= 11 is 0. The lowest BCUT2D eigenvalue weighted by Crippen LogP contribution is -2.32. The lowest BCUT2D eigenvalue weighted by molar-refractivity contribution is -0.137. The van der Waals surface area contributed by atoms with Crippen LogP contribution in [0.25, 0.3) is 0 Å². The van der Waals surface area contributed by atoms with Gasteiger partial charge in [-0.1, -0.05) is 12.1 Å². The standard InChI is InChI=1S/C13H18FNO4S/c1-10(11-5-7-12(14)8-6-11)15(2)20(18,19)9-3-4-13(16)17/h5-8,10H,3-4,9H2,1-2H3,(H,16,17). The molecule has 0 aromatic heterocycles. The van der Waals surface area contributed by atoms with Crippen LogP contribution in [0.1, 0.15) is 31.4 Å². The Morgan fingerprint density at radius 1 is 1.35 bits per heavy atom. The van der Waals surface area contributed by atoms with Gasteiger partial charge >= 0.3 is 5.97 Å². The molecule has 1 rings (SSSR count). The van der Waals surface area contributed by atoms with Crippen LogP contribution >= 0.6 is 0 Å². The number of rotatable bonds is 7. The first-order valence-corrected chi connectivity index (χ1v) is 7.78.